The van der Waals surface area contributed by atoms with Crippen LogP contribution in [0.4, 0.5) is 0 Å². The van der Waals surface area contributed by atoms with Crippen LogP contribution in [0, 0.1) is 0 Å². The molecule has 0 aliphatic carbocycles. The molecule has 0 aliphatic rings. The van der Waals surface area contributed by atoms with Gasteiger partial charge in [0.1, 0.15) is 0 Å². The molecule has 0 unspecified atom stereocenters. The van der Waals surface area contributed by atoms with Crippen LogP contribution in [0.25, 0.3) is 0 Å². The molecular formula is C6H12Li. The summed E-state index contributed by atoms with van der Waals surface area (Å²) in [6, 6.07) is 0. The molecule has 0 aliphatic heterocycles. The smallest absolute Gasteiger partial charge is 0 e. The monoisotopic (exact) mass is 91.1 g/mol. The molecule has 0 spiro atoms. The molecule has 0 atom stereocenters. The molecule has 0 saturated heterocycles. The summed E-state index contributed by atoms with van der Waals surface area (Å²) in [6.45, 7) is 18.0. The molecule has 0 fully saturated rings. The summed E-state index contributed by atoms with van der Waals surface area (Å²) >= 11 is 0. The third-order valence-electron chi connectivity index (χ3n) is 0. The fourth-order valence-electron chi connectivity index (χ4n) is 0. The van der Waals surface area contributed by atoms with E-state index in [2.05, 4.69) is 39.5 Å². The van der Waals surface area contributed by atoms with Gasteiger partial charge in [0.2, 0.25) is 0 Å². The minimum atomic E-state index is 0. The quantitative estimate of drug-likeness (QED) is 0.316. The summed E-state index contributed by atoms with van der Waals surface area (Å²) in [5.41, 5.74) is 0. The Bertz CT molecular complexity index is 8.90. The summed E-state index contributed by atoms with van der Waals surface area (Å²) in [5.74, 6) is 0. The van der Waals surface area contributed by atoms with Gasteiger partial charge in [-0.1, -0.05) is 0 Å². The van der Waals surface area contributed by atoms with Crippen LogP contribution in [0.15, 0.2) is 39.5 Å². The maximum Gasteiger partial charge on any atom is 0 e. The molecule has 7 heavy (non-hydrogen) atoms. The third kappa shape index (κ3) is 2540. The van der Waals surface area contributed by atoms with Gasteiger partial charge in [-0.2, -0.15) is 0 Å². The molecule has 0 rings (SSSR count). The molecule has 0 nitrogen and oxygen atoms in total. The van der Waals surface area contributed by atoms with Gasteiger partial charge in [0.25, 0.3) is 0 Å². The van der Waals surface area contributed by atoms with Gasteiger partial charge in [-0.25, -0.2) is 0 Å². The maximum atomic E-state index is 3.00. The van der Waals surface area contributed by atoms with E-state index in [1.165, 1.54) is 0 Å². The number of hydrogen-bond donors (Lipinski definition) is 0. The van der Waals surface area contributed by atoms with Crippen molar-refractivity contribution in [2.45, 2.75) is 0 Å². The van der Waals surface area contributed by atoms with E-state index < -0.39 is 0 Å². The Morgan fingerprint density at radius 1 is 0.429 bits per heavy atom. The SMILES string of the molecule is C=C.C=C.C=C.[Li]. The predicted molar refractivity (Wildman–Crippen MR) is 39.5 cm³/mol. The minimum Gasteiger partial charge on any atom is -0.106 e. The first-order valence-electron chi connectivity index (χ1n) is 1.50. The minimum absolute atomic E-state index is 0. The van der Waals surface area contributed by atoms with Crippen LogP contribution < -0.4 is 0 Å². The molecule has 0 saturated carbocycles. The summed E-state index contributed by atoms with van der Waals surface area (Å²) in [5, 5.41) is 0. The van der Waals surface area contributed by atoms with E-state index >= 15 is 0 Å². The van der Waals surface area contributed by atoms with Gasteiger partial charge in [0.15, 0.2) is 0 Å². The van der Waals surface area contributed by atoms with Crippen LogP contribution in [0.2, 0.25) is 0 Å². The Labute approximate surface area is 58.8 Å². The van der Waals surface area contributed by atoms with Crippen molar-refractivity contribution in [3.8, 4) is 0 Å². The van der Waals surface area contributed by atoms with Crippen molar-refractivity contribution >= 4 is 18.9 Å². The molecule has 0 heterocycles. The van der Waals surface area contributed by atoms with Gasteiger partial charge < -0.3 is 0 Å². The maximum absolute atomic E-state index is 3.00. The van der Waals surface area contributed by atoms with Crippen LogP contribution in [0.3, 0.4) is 0 Å². The largest absolute Gasteiger partial charge is 0.106 e. The van der Waals surface area contributed by atoms with Crippen molar-refractivity contribution in [2.24, 2.45) is 0 Å². The first-order valence-corrected chi connectivity index (χ1v) is 1.50. The van der Waals surface area contributed by atoms with Crippen LogP contribution in [0.5, 0.6) is 0 Å². The average Bonchev–Trinajstić information content (AvgIpc) is 1.81. The number of rotatable bonds is 0. The van der Waals surface area contributed by atoms with Gasteiger partial charge in [-0.05, 0) is 0 Å². The molecule has 37 valence electrons. The molecule has 1 radical (unpaired) electrons. The Hall–Kier alpha value is -0.183. The molecular weight excluding hydrogens is 79.0 g/mol. The van der Waals surface area contributed by atoms with Crippen molar-refractivity contribution in [1.82, 2.24) is 0 Å². The van der Waals surface area contributed by atoms with Gasteiger partial charge in [-0.3, -0.25) is 0 Å². The fraction of sp³-hybridized carbons (Fsp3) is 0. The summed E-state index contributed by atoms with van der Waals surface area (Å²) in [6.07, 6.45) is 0. The van der Waals surface area contributed by atoms with E-state index in [4.69, 9.17) is 0 Å². The van der Waals surface area contributed by atoms with Crippen molar-refractivity contribution < 1.29 is 0 Å². The summed E-state index contributed by atoms with van der Waals surface area (Å²) in [4.78, 5) is 0. The molecule has 0 aromatic rings. The topological polar surface area (TPSA) is 0 Å². The second-order valence-corrected chi connectivity index (χ2v) is 0. The van der Waals surface area contributed by atoms with Crippen molar-refractivity contribution in [3.05, 3.63) is 39.5 Å². The summed E-state index contributed by atoms with van der Waals surface area (Å²) in [7, 11) is 0. The zero-order valence-electron chi connectivity index (χ0n) is 5.24. The molecule has 0 amide bonds. The van der Waals surface area contributed by atoms with E-state index in [1.54, 1.807) is 0 Å². The van der Waals surface area contributed by atoms with Gasteiger partial charge in [-0.15, -0.1) is 39.5 Å². The van der Waals surface area contributed by atoms with Crippen molar-refractivity contribution in [2.75, 3.05) is 0 Å². The standard InChI is InChI=1S/3C2H4.Li/c3*1-2;/h3*1-2H2;. The fourth-order valence-corrected chi connectivity index (χ4v) is 0. The first-order chi connectivity index (χ1) is 3.00. The van der Waals surface area contributed by atoms with Crippen LogP contribution in [0.1, 0.15) is 0 Å². The Kier molecular flexibility index (Phi) is 16800. The molecule has 0 N–H and O–H groups in total. The van der Waals surface area contributed by atoms with Gasteiger partial charge >= 0.3 is 0 Å². The number of hydrogen-bond acceptors (Lipinski definition) is 0. The molecule has 0 aromatic heterocycles. The van der Waals surface area contributed by atoms with Crippen LogP contribution in [-0.2, 0) is 0 Å². The van der Waals surface area contributed by atoms with Crippen LogP contribution in [-0.4, -0.2) is 18.9 Å². The van der Waals surface area contributed by atoms with E-state index in [0.29, 0.717) is 0 Å². The molecule has 1 heteroatoms. The van der Waals surface area contributed by atoms with E-state index in [9.17, 15) is 0 Å². The first kappa shape index (κ1) is 29.1. The zero-order valence-corrected chi connectivity index (χ0v) is 5.24. The van der Waals surface area contributed by atoms with E-state index in [1.807, 2.05) is 0 Å². The van der Waals surface area contributed by atoms with Crippen molar-refractivity contribution in [3.63, 3.8) is 0 Å². The average molecular weight is 91.1 g/mol. The van der Waals surface area contributed by atoms with E-state index in [0.717, 1.165) is 0 Å². The molecule has 0 bridgehead atoms. The van der Waals surface area contributed by atoms with Gasteiger partial charge in [0, 0.05) is 18.9 Å². The third-order valence-corrected chi connectivity index (χ3v) is 0. The zero-order chi connectivity index (χ0) is 6.00. The molecule has 0 aromatic carbocycles. The Morgan fingerprint density at radius 3 is 0.429 bits per heavy atom. The second kappa shape index (κ2) is 4050. The van der Waals surface area contributed by atoms with Gasteiger partial charge in [0.05, 0.1) is 0 Å². The second-order valence-electron chi connectivity index (χ2n) is 0. The summed E-state index contributed by atoms with van der Waals surface area (Å²) < 4.78 is 0. The predicted octanol–water partition coefficient (Wildman–Crippen LogP) is 2.03. The Morgan fingerprint density at radius 2 is 0.429 bits per heavy atom. The Balaban J connectivity index is -0.00000000900. The normalized spacial score (nSPS) is 1.71. The van der Waals surface area contributed by atoms with Crippen molar-refractivity contribution in [1.29, 1.82) is 0 Å². The van der Waals surface area contributed by atoms with Crippen LogP contribution >= 0.6 is 0 Å². The van der Waals surface area contributed by atoms with E-state index in [-0.39, 0.29) is 18.9 Å².